The molecule has 0 saturated heterocycles. The van der Waals surface area contributed by atoms with Gasteiger partial charge in [0, 0.05) is 11.1 Å². The minimum Gasteiger partial charge on any atom is -0.506 e. The molecule has 0 aliphatic heterocycles. The van der Waals surface area contributed by atoms with Gasteiger partial charge in [-0.05, 0) is 12.1 Å². The van der Waals surface area contributed by atoms with Crippen molar-refractivity contribution in [2.45, 2.75) is 0 Å². The van der Waals surface area contributed by atoms with E-state index < -0.39 is 5.78 Å². The molecular formula is C17H8Cl2N2O2. The Morgan fingerprint density at radius 3 is 2.43 bits per heavy atom. The van der Waals surface area contributed by atoms with Crippen LogP contribution < -0.4 is 0 Å². The van der Waals surface area contributed by atoms with E-state index in [4.69, 9.17) is 23.2 Å². The molecule has 112 valence electrons. The van der Waals surface area contributed by atoms with Crippen LogP contribution in [0.3, 0.4) is 0 Å². The first-order valence-electron chi connectivity index (χ1n) is 6.55. The molecule has 0 radical (unpaired) electrons. The number of allylic oxidation sites excluding steroid dienone is 1. The molecule has 3 rings (SSSR count). The molecule has 0 saturated carbocycles. The fourth-order valence-electron chi connectivity index (χ4n) is 2.32. The first kappa shape index (κ1) is 15.3. The van der Waals surface area contributed by atoms with Gasteiger partial charge in [-0.25, -0.2) is 4.99 Å². The van der Waals surface area contributed by atoms with Crippen molar-refractivity contribution >= 4 is 46.1 Å². The summed E-state index contributed by atoms with van der Waals surface area (Å²) in [4.78, 5) is 16.5. The lowest BCUT2D eigenvalue weighted by Crippen LogP contribution is -2.09. The number of aliphatic imine (C=N–C) groups is 1. The molecule has 2 aromatic rings. The van der Waals surface area contributed by atoms with Gasteiger partial charge in [0.2, 0.25) is 0 Å². The van der Waals surface area contributed by atoms with Crippen molar-refractivity contribution in [3.05, 3.63) is 69.2 Å². The number of halogens is 2. The number of benzene rings is 2. The Morgan fingerprint density at radius 1 is 1.09 bits per heavy atom. The van der Waals surface area contributed by atoms with Crippen LogP contribution >= 0.6 is 23.2 Å². The Morgan fingerprint density at radius 2 is 1.78 bits per heavy atom. The molecule has 0 amide bonds. The van der Waals surface area contributed by atoms with Gasteiger partial charge >= 0.3 is 0 Å². The fraction of sp³-hybridized carbons (Fsp3) is 0. The van der Waals surface area contributed by atoms with Crippen molar-refractivity contribution in [1.29, 1.82) is 5.26 Å². The minimum atomic E-state index is -0.448. The maximum absolute atomic E-state index is 12.4. The highest BCUT2D eigenvalue weighted by Gasteiger charge is 2.32. The van der Waals surface area contributed by atoms with Gasteiger partial charge in [-0.1, -0.05) is 53.5 Å². The summed E-state index contributed by atoms with van der Waals surface area (Å²) in [5, 5.41) is 20.1. The average Bonchev–Trinajstić information content (AvgIpc) is 2.81. The lowest BCUT2D eigenvalue weighted by molar-refractivity contribution is 0.104. The topological polar surface area (TPSA) is 73.4 Å². The molecule has 1 N–H and O–H groups in total. The van der Waals surface area contributed by atoms with Gasteiger partial charge < -0.3 is 5.11 Å². The van der Waals surface area contributed by atoms with Crippen LogP contribution in [-0.4, -0.2) is 16.6 Å². The summed E-state index contributed by atoms with van der Waals surface area (Å²) in [5.74, 6) is -0.708. The zero-order chi connectivity index (χ0) is 16.6. The van der Waals surface area contributed by atoms with E-state index in [2.05, 4.69) is 4.99 Å². The Hall–Kier alpha value is -2.61. The second kappa shape index (κ2) is 5.88. The van der Waals surface area contributed by atoms with Gasteiger partial charge in [-0.2, -0.15) is 5.26 Å². The van der Waals surface area contributed by atoms with Crippen LogP contribution in [0.25, 0.3) is 5.76 Å². The van der Waals surface area contributed by atoms with Gasteiger partial charge in [-0.15, -0.1) is 0 Å². The van der Waals surface area contributed by atoms with E-state index in [0.29, 0.717) is 11.1 Å². The summed E-state index contributed by atoms with van der Waals surface area (Å²) < 4.78 is 0. The van der Waals surface area contributed by atoms with Crippen LogP contribution in [0, 0.1) is 11.3 Å². The third-order valence-corrected chi connectivity index (χ3v) is 4.21. The quantitative estimate of drug-likeness (QED) is 0.800. The van der Waals surface area contributed by atoms with E-state index in [0.717, 1.165) is 0 Å². The molecule has 1 aliphatic rings. The number of aliphatic hydroxyl groups is 1. The Kier molecular flexibility index (Phi) is 3.91. The molecule has 2 aromatic carbocycles. The molecule has 1 aliphatic carbocycles. The summed E-state index contributed by atoms with van der Waals surface area (Å²) in [5.41, 5.74) is 0.616. The van der Waals surface area contributed by atoms with Gasteiger partial charge in [0.1, 0.15) is 17.4 Å². The molecule has 4 nitrogen and oxygen atoms in total. The second-order valence-electron chi connectivity index (χ2n) is 4.74. The van der Waals surface area contributed by atoms with Crippen LogP contribution in [-0.2, 0) is 0 Å². The number of carbonyl (C=O) groups excluding carboxylic acids is 1. The number of aliphatic hydroxyl groups excluding tert-OH is 1. The average molecular weight is 343 g/mol. The summed E-state index contributed by atoms with van der Waals surface area (Å²) >= 11 is 12.0. The number of hydrogen-bond donors (Lipinski definition) is 1. The standard InChI is InChI=1S/C17H8Cl2N2O2/c18-11-6-3-7-12(15(11)19)21-13(8-20)14-16(22)9-4-1-2-5-10(9)17(14)23/h1-7,22H. The van der Waals surface area contributed by atoms with Gasteiger partial charge in [0.25, 0.3) is 0 Å². The van der Waals surface area contributed by atoms with Crippen LogP contribution in [0.4, 0.5) is 5.69 Å². The van der Waals surface area contributed by atoms with E-state index in [1.54, 1.807) is 42.5 Å². The van der Waals surface area contributed by atoms with Crippen molar-refractivity contribution in [3.63, 3.8) is 0 Å². The van der Waals surface area contributed by atoms with Gasteiger partial charge in [0.05, 0.1) is 15.7 Å². The van der Waals surface area contributed by atoms with Crippen LogP contribution in [0.2, 0.25) is 10.0 Å². The van der Waals surface area contributed by atoms with Crippen molar-refractivity contribution in [1.82, 2.24) is 0 Å². The summed E-state index contributed by atoms with van der Waals surface area (Å²) in [7, 11) is 0. The van der Waals surface area contributed by atoms with E-state index >= 15 is 0 Å². The van der Waals surface area contributed by atoms with Crippen LogP contribution in [0.1, 0.15) is 15.9 Å². The first-order valence-corrected chi connectivity index (χ1v) is 7.30. The second-order valence-corrected chi connectivity index (χ2v) is 5.53. The lowest BCUT2D eigenvalue weighted by atomic mass is 10.1. The number of nitrogens with zero attached hydrogens (tertiary/aromatic N) is 2. The van der Waals surface area contributed by atoms with E-state index in [9.17, 15) is 15.2 Å². The van der Waals surface area contributed by atoms with E-state index in [1.165, 1.54) is 0 Å². The van der Waals surface area contributed by atoms with E-state index in [-0.39, 0.29) is 32.8 Å². The molecule has 6 heteroatoms. The number of Topliss-reactive ketones (excluding diaryl/α,β-unsaturated/α-hetero) is 1. The lowest BCUT2D eigenvalue weighted by Gasteiger charge is -2.03. The third kappa shape index (κ3) is 2.50. The smallest absolute Gasteiger partial charge is 0.200 e. The van der Waals surface area contributed by atoms with Crippen LogP contribution in [0.5, 0.6) is 0 Å². The SMILES string of the molecule is N#CC(=Nc1cccc(Cl)c1Cl)C1=C(O)c2ccccc2C1=O. The zero-order valence-electron chi connectivity index (χ0n) is 11.5. The largest absolute Gasteiger partial charge is 0.506 e. The minimum absolute atomic E-state index is 0.134. The highest BCUT2D eigenvalue weighted by Crippen LogP contribution is 2.35. The number of nitriles is 1. The maximum atomic E-state index is 12.4. The van der Waals surface area contributed by atoms with Gasteiger partial charge in [-0.3, -0.25) is 4.79 Å². The molecule has 0 aromatic heterocycles. The number of carbonyl (C=O) groups is 1. The Balaban J connectivity index is 2.15. The predicted octanol–water partition coefficient (Wildman–Crippen LogP) is 4.76. The first-order chi connectivity index (χ1) is 11.0. The highest BCUT2D eigenvalue weighted by atomic mass is 35.5. The number of ketones is 1. The molecule has 23 heavy (non-hydrogen) atoms. The number of hydrogen-bond acceptors (Lipinski definition) is 4. The Labute approximate surface area is 141 Å². The molecule has 0 atom stereocenters. The zero-order valence-corrected chi connectivity index (χ0v) is 13.1. The number of fused-ring (bicyclic) bond motifs is 1. The van der Waals surface area contributed by atoms with Crippen molar-refractivity contribution in [2.75, 3.05) is 0 Å². The summed E-state index contributed by atoms with van der Waals surface area (Å²) in [6, 6.07) is 13.2. The molecule has 0 heterocycles. The summed E-state index contributed by atoms with van der Waals surface area (Å²) in [6.07, 6.45) is 0. The molecule has 0 unspecified atom stereocenters. The normalized spacial score (nSPS) is 14.0. The highest BCUT2D eigenvalue weighted by molar-refractivity contribution is 6.44. The molecule has 0 fully saturated rings. The van der Waals surface area contributed by atoms with Crippen molar-refractivity contribution < 1.29 is 9.90 Å². The van der Waals surface area contributed by atoms with Gasteiger partial charge in [0.15, 0.2) is 11.5 Å². The van der Waals surface area contributed by atoms with Crippen molar-refractivity contribution in [3.8, 4) is 6.07 Å². The van der Waals surface area contributed by atoms with Crippen LogP contribution in [0.15, 0.2) is 53.0 Å². The monoisotopic (exact) mass is 342 g/mol. The maximum Gasteiger partial charge on any atom is 0.200 e. The fourth-order valence-corrected chi connectivity index (χ4v) is 2.66. The Bertz CT molecular complexity index is 940. The third-order valence-electron chi connectivity index (χ3n) is 3.40. The van der Waals surface area contributed by atoms with E-state index in [1.807, 2.05) is 6.07 Å². The molecule has 0 bridgehead atoms. The molecule has 0 spiro atoms. The predicted molar refractivity (Wildman–Crippen MR) is 89.5 cm³/mol. The van der Waals surface area contributed by atoms with Crippen molar-refractivity contribution in [2.24, 2.45) is 4.99 Å². The number of rotatable bonds is 2. The molecular weight excluding hydrogens is 335 g/mol. The summed E-state index contributed by atoms with van der Waals surface area (Å²) in [6.45, 7) is 0.